The van der Waals surface area contributed by atoms with Crippen LogP contribution in [-0.2, 0) is 4.74 Å². The zero-order chi connectivity index (χ0) is 21.1. The van der Waals surface area contributed by atoms with E-state index in [1.54, 1.807) is 0 Å². The third-order valence-corrected chi connectivity index (χ3v) is 7.51. The fourth-order valence-corrected chi connectivity index (χ4v) is 5.47. The summed E-state index contributed by atoms with van der Waals surface area (Å²) in [7, 11) is 0. The first kappa shape index (κ1) is 21.9. The van der Waals surface area contributed by atoms with Gasteiger partial charge in [-0.05, 0) is 66.5 Å². The lowest BCUT2D eigenvalue weighted by molar-refractivity contribution is 0.0498. The molecule has 2 aliphatic rings. The van der Waals surface area contributed by atoms with Gasteiger partial charge in [-0.25, -0.2) is 4.79 Å². The second-order valence-electron chi connectivity index (χ2n) is 10.1. The van der Waals surface area contributed by atoms with Crippen molar-refractivity contribution in [3.8, 4) is 0 Å². The Morgan fingerprint density at radius 2 is 1.83 bits per heavy atom. The normalized spacial score (nSPS) is 28.2. The number of ether oxygens (including phenoxy) is 1. The van der Waals surface area contributed by atoms with E-state index in [4.69, 9.17) is 4.74 Å². The molecule has 2 saturated carbocycles. The van der Waals surface area contributed by atoms with Crippen LogP contribution in [0.2, 0.25) is 0 Å². The van der Waals surface area contributed by atoms with E-state index in [1.807, 2.05) is 24.3 Å². The Balaban J connectivity index is 1.62. The average Bonchev–Trinajstić information content (AvgIpc) is 3.31. The molecular formula is C27H38O2. The van der Waals surface area contributed by atoms with Gasteiger partial charge in [-0.2, -0.15) is 0 Å². The molecule has 2 unspecified atom stereocenters. The van der Waals surface area contributed by atoms with E-state index in [2.05, 4.69) is 52.8 Å². The fourth-order valence-electron chi connectivity index (χ4n) is 5.47. The molecule has 2 heteroatoms. The average molecular weight is 395 g/mol. The van der Waals surface area contributed by atoms with Gasteiger partial charge in [-0.15, -0.1) is 0 Å². The van der Waals surface area contributed by atoms with Crippen LogP contribution >= 0.6 is 0 Å². The minimum atomic E-state index is -0.222. The smallest absolute Gasteiger partial charge is 0.338 e. The predicted molar refractivity (Wildman–Crippen MR) is 122 cm³/mol. The molecule has 0 amide bonds. The highest BCUT2D eigenvalue weighted by Crippen LogP contribution is 2.78. The molecule has 2 aliphatic carbocycles. The van der Waals surface area contributed by atoms with Crippen LogP contribution in [0.25, 0.3) is 6.08 Å². The van der Waals surface area contributed by atoms with Gasteiger partial charge in [0.25, 0.3) is 0 Å². The van der Waals surface area contributed by atoms with Crippen LogP contribution in [0, 0.1) is 16.2 Å². The number of carbonyl (C=O) groups is 1. The third-order valence-electron chi connectivity index (χ3n) is 7.51. The Morgan fingerprint density at radius 1 is 1.10 bits per heavy atom. The molecule has 0 heterocycles. The molecule has 2 nitrogen and oxygen atoms in total. The van der Waals surface area contributed by atoms with Crippen molar-refractivity contribution in [3.05, 3.63) is 53.1 Å². The van der Waals surface area contributed by atoms with Crippen LogP contribution in [0.3, 0.4) is 0 Å². The van der Waals surface area contributed by atoms with E-state index in [1.165, 1.54) is 31.3 Å². The van der Waals surface area contributed by atoms with E-state index in [0.29, 0.717) is 28.4 Å². The molecule has 158 valence electrons. The molecule has 0 radical (unpaired) electrons. The van der Waals surface area contributed by atoms with Gasteiger partial charge in [0.15, 0.2) is 0 Å². The lowest BCUT2D eigenvalue weighted by atomic mass is 9.63. The second kappa shape index (κ2) is 8.50. The number of hydrogen-bond donors (Lipinski definition) is 0. The summed E-state index contributed by atoms with van der Waals surface area (Å²) >= 11 is 0. The number of unbranched alkanes of at least 4 members (excludes halogenated alkanes) is 2. The maximum absolute atomic E-state index is 12.1. The maximum Gasteiger partial charge on any atom is 0.338 e. The topological polar surface area (TPSA) is 26.3 Å². The molecule has 0 saturated heterocycles. The first-order valence-corrected chi connectivity index (χ1v) is 11.4. The SMILES string of the molecule is CCCCCOC(=O)c1ccc(C=C(C)C=CC23CC2(C)CCCC3(C)C)cc1. The molecule has 0 N–H and O–H groups in total. The minimum Gasteiger partial charge on any atom is -0.462 e. The molecule has 2 fully saturated rings. The lowest BCUT2D eigenvalue weighted by Gasteiger charge is -2.41. The molecule has 0 spiro atoms. The van der Waals surface area contributed by atoms with E-state index >= 15 is 0 Å². The molecule has 1 aromatic rings. The highest BCUT2D eigenvalue weighted by molar-refractivity contribution is 5.89. The largest absolute Gasteiger partial charge is 0.462 e. The number of benzene rings is 1. The number of hydrogen-bond acceptors (Lipinski definition) is 2. The molecule has 2 atom stereocenters. The van der Waals surface area contributed by atoms with Crippen LogP contribution in [-0.4, -0.2) is 12.6 Å². The van der Waals surface area contributed by atoms with Gasteiger partial charge < -0.3 is 4.74 Å². The van der Waals surface area contributed by atoms with Gasteiger partial charge >= 0.3 is 5.97 Å². The number of esters is 1. The van der Waals surface area contributed by atoms with Gasteiger partial charge in [0.2, 0.25) is 0 Å². The van der Waals surface area contributed by atoms with E-state index in [0.717, 1.165) is 24.8 Å². The summed E-state index contributed by atoms with van der Waals surface area (Å²) in [5.74, 6) is -0.222. The van der Waals surface area contributed by atoms with Crippen molar-refractivity contribution in [2.75, 3.05) is 6.61 Å². The van der Waals surface area contributed by atoms with Crippen LogP contribution in [0.5, 0.6) is 0 Å². The first-order chi connectivity index (χ1) is 13.7. The van der Waals surface area contributed by atoms with Crippen molar-refractivity contribution in [3.63, 3.8) is 0 Å². The summed E-state index contributed by atoms with van der Waals surface area (Å²) < 4.78 is 5.34. The number of fused-ring (bicyclic) bond motifs is 1. The van der Waals surface area contributed by atoms with Crippen LogP contribution in [0.1, 0.15) is 95.5 Å². The summed E-state index contributed by atoms with van der Waals surface area (Å²) in [6.07, 6.45) is 15.5. The van der Waals surface area contributed by atoms with Gasteiger partial charge in [0, 0.05) is 0 Å². The second-order valence-corrected chi connectivity index (χ2v) is 10.1. The molecule has 0 aromatic heterocycles. The van der Waals surface area contributed by atoms with Crippen molar-refractivity contribution < 1.29 is 9.53 Å². The summed E-state index contributed by atoms with van der Waals surface area (Å²) in [6, 6.07) is 7.74. The zero-order valence-corrected chi connectivity index (χ0v) is 19.0. The van der Waals surface area contributed by atoms with Crippen LogP contribution in [0.15, 0.2) is 42.0 Å². The molecule has 0 aliphatic heterocycles. The Kier molecular flexibility index (Phi) is 6.41. The Hall–Kier alpha value is -1.83. The molecular weight excluding hydrogens is 356 g/mol. The zero-order valence-electron chi connectivity index (χ0n) is 19.0. The van der Waals surface area contributed by atoms with Crippen molar-refractivity contribution in [2.45, 2.75) is 79.6 Å². The first-order valence-electron chi connectivity index (χ1n) is 11.4. The summed E-state index contributed by atoms with van der Waals surface area (Å²) in [4.78, 5) is 12.1. The van der Waals surface area contributed by atoms with Crippen molar-refractivity contribution >= 4 is 12.0 Å². The summed E-state index contributed by atoms with van der Waals surface area (Å²) in [6.45, 7) is 12.2. The summed E-state index contributed by atoms with van der Waals surface area (Å²) in [5.41, 5.74) is 4.24. The Bertz CT molecular complexity index is 783. The fraction of sp³-hybridized carbons (Fsp3) is 0.593. The van der Waals surface area contributed by atoms with Crippen LogP contribution in [0.4, 0.5) is 0 Å². The van der Waals surface area contributed by atoms with Crippen molar-refractivity contribution in [2.24, 2.45) is 16.2 Å². The van der Waals surface area contributed by atoms with Gasteiger partial charge in [-0.1, -0.05) is 82.9 Å². The van der Waals surface area contributed by atoms with Crippen LogP contribution < -0.4 is 0 Å². The summed E-state index contributed by atoms with van der Waals surface area (Å²) in [5, 5.41) is 0. The van der Waals surface area contributed by atoms with E-state index in [-0.39, 0.29) is 5.97 Å². The molecule has 1 aromatic carbocycles. The number of rotatable bonds is 8. The highest BCUT2D eigenvalue weighted by atomic mass is 16.5. The highest BCUT2D eigenvalue weighted by Gasteiger charge is 2.69. The molecule has 29 heavy (non-hydrogen) atoms. The van der Waals surface area contributed by atoms with Crippen molar-refractivity contribution in [1.29, 1.82) is 0 Å². The maximum atomic E-state index is 12.1. The van der Waals surface area contributed by atoms with Crippen molar-refractivity contribution in [1.82, 2.24) is 0 Å². The van der Waals surface area contributed by atoms with Gasteiger partial charge in [-0.3, -0.25) is 0 Å². The third kappa shape index (κ3) is 4.52. The van der Waals surface area contributed by atoms with Gasteiger partial charge in [0.05, 0.1) is 12.2 Å². The number of allylic oxidation sites excluding steroid dienone is 3. The lowest BCUT2D eigenvalue weighted by Crippen LogP contribution is -2.32. The minimum absolute atomic E-state index is 0.222. The predicted octanol–water partition coefficient (Wildman–Crippen LogP) is 7.60. The van der Waals surface area contributed by atoms with E-state index < -0.39 is 0 Å². The monoisotopic (exact) mass is 394 g/mol. The molecule has 0 bridgehead atoms. The quantitative estimate of drug-likeness (QED) is 0.258. The number of carbonyl (C=O) groups excluding carboxylic acids is 1. The Morgan fingerprint density at radius 3 is 2.48 bits per heavy atom. The van der Waals surface area contributed by atoms with Gasteiger partial charge in [0.1, 0.15) is 0 Å². The Labute approximate surface area is 177 Å². The van der Waals surface area contributed by atoms with E-state index in [9.17, 15) is 4.79 Å². The standard InChI is InChI=1S/C27H38O2/c1-6-7-8-18-29-24(28)23-12-10-22(11-13-23)19-21(2)14-17-27-20-26(27,5)16-9-15-25(27,3)4/h10-14,17,19H,6-9,15-16,18,20H2,1-5H3. The molecule has 3 rings (SSSR count).